The summed E-state index contributed by atoms with van der Waals surface area (Å²) in [4.78, 5) is 58.9. The van der Waals surface area contributed by atoms with Gasteiger partial charge in [-0.25, -0.2) is 8.78 Å². The Morgan fingerprint density at radius 2 is 1.71 bits per heavy atom. The quantitative estimate of drug-likeness (QED) is 0.236. The molecule has 63 heavy (non-hydrogen) atoms. The van der Waals surface area contributed by atoms with E-state index in [9.17, 15) is 28.0 Å². The second-order valence-corrected chi connectivity index (χ2v) is 18.8. The van der Waals surface area contributed by atoms with E-state index in [4.69, 9.17) is 9.84 Å². The number of aryl methyl sites for hydroxylation is 2. The Morgan fingerprint density at radius 3 is 2.44 bits per heavy atom. The average molecular weight is 862 g/mol. The molecule has 2 saturated heterocycles. The van der Waals surface area contributed by atoms with E-state index in [0.717, 1.165) is 104 Å². The van der Waals surface area contributed by atoms with Crippen molar-refractivity contribution in [3.63, 3.8) is 0 Å². The normalized spacial score (nSPS) is 24.4. The predicted octanol–water partition coefficient (Wildman–Crippen LogP) is 5.88. The van der Waals surface area contributed by atoms with Crippen LogP contribution in [0.2, 0.25) is 0 Å². The SMILES string of the molecule is CC(=O)N1CCc2c(c(N3CCCc4cc(-c5cnn(C)c5)c(C(F)F)cc43)nn2C2CCC(N3CCC4(CC3)COc3c4ccc4c3CN([C@H]3CCC(=O)NC3=O)C4=O)CC2)C1. The van der Waals surface area contributed by atoms with Crippen LogP contribution < -0.4 is 15.0 Å². The summed E-state index contributed by atoms with van der Waals surface area (Å²) < 4.78 is 39.9. The highest BCUT2D eigenvalue weighted by Crippen LogP contribution is 2.51. The number of hydrogen-bond donors (Lipinski definition) is 1. The van der Waals surface area contributed by atoms with Crippen LogP contribution in [0.4, 0.5) is 20.3 Å². The molecular weight excluding hydrogens is 809 g/mol. The van der Waals surface area contributed by atoms with Crippen LogP contribution in [0.15, 0.2) is 36.7 Å². The van der Waals surface area contributed by atoms with Crippen LogP contribution in [0, 0.1) is 0 Å². The molecular formula is C47H53F2N9O5. The van der Waals surface area contributed by atoms with E-state index in [1.807, 2.05) is 17.0 Å². The number of rotatable bonds is 6. The van der Waals surface area contributed by atoms with E-state index in [0.29, 0.717) is 68.4 Å². The zero-order valence-corrected chi connectivity index (χ0v) is 35.9. The van der Waals surface area contributed by atoms with E-state index < -0.39 is 18.4 Å². The molecule has 14 nitrogen and oxygen atoms in total. The number of aromatic nitrogens is 4. The highest BCUT2D eigenvalue weighted by Gasteiger charge is 2.48. The molecule has 3 fully saturated rings. The van der Waals surface area contributed by atoms with Gasteiger partial charge in [-0.3, -0.25) is 33.9 Å². The Kier molecular flexibility index (Phi) is 9.73. The molecule has 1 atom stereocenters. The summed E-state index contributed by atoms with van der Waals surface area (Å²) in [5.41, 5.74) is 7.63. The van der Waals surface area contributed by atoms with Gasteiger partial charge >= 0.3 is 0 Å². The number of fused-ring (bicyclic) bond motifs is 6. The monoisotopic (exact) mass is 861 g/mol. The summed E-state index contributed by atoms with van der Waals surface area (Å²) >= 11 is 0. The van der Waals surface area contributed by atoms with Crippen LogP contribution in [0.25, 0.3) is 11.1 Å². The molecule has 16 heteroatoms. The minimum Gasteiger partial charge on any atom is -0.492 e. The number of nitrogens with one attached hydrogen (secondary N) is 1. The Hall–Kier alpha value is -5.64. The van der Waals surface area contributed by atoms with Crippen LogP contribution in [-0.2, 0) is 52.8 Å². The predicted molar refractivity (Wildman–Crippen MR) is 228 cm³/mol. The molecule has 4 aromatic rings. The number of alkyl halides is 2. The van der Waals surface area contributed by atoms with Gasteiger partial charge in [0.2, 0.25) is 17.7 Å². The molecule has 2 aromatic heterocycles. The maximum Gasteiger partial charge on any atom is 0.264 e. The Labute approximate surface area is 364 Å². The first-order valence-corrected chi connectivity index (χ1v) is 22.7. The number of anilines is 2. The summed E-state index contributed by atoms with van der Waals surface area (Å²) in [7, 11) is 1.79. The minimum atomic E-state index is -2.66. The highest BCUT2D eigenvalue weighted by atomic mass is 19.3. The van der Waals surface area contributed by atoms with Gasteiger partial charge in [0.25, 0.3) is 12.3 Å². The molecule has 6 aliphatic heterocycles. The number of imide groups is 1. The molecule has 1 saturated carbocycles. The highest BCUT2D eigenvalue weighted by molar-refractivity contribution is 6.06. The number of likely N-dealkylation sites (tertiary alicyclic amines) is 1. The number of hydrogen-bond acceptors (Lipinski definition) is 9. The third-order valence-corrected chi connectivity index (χ3v) is 15.4. The number of piperidine rings is 2. The van der Waals surface area contributed by atoms with Crippen LogP contribution in [-0.4, -0.2) is 103 Å². The number of ether oxygens (including phenoxy) is 1. The fraction of sp³-hybridized carbons (Fsp3) is 0.532. The average Bonchev–Trinajstić information content (AvgIpc) is 4.07. The maximum atomic E-state index is 14.8. The minimum absolute atomic E-state index is 0.0164. The standard InChI is InChI=1S/C47H53F2N9O5/c1-27(59)55-17-13-38-36(24-55)44(56-16-3-4-28-20-33(29-22-50-53(2)23-29)34(43(48)49)21-40(28)56)52-58(38)31-7-5-30(6-8-31)54-18-14-47(15-19-54)26-63-42-35-25-57(39-11-12-41(60)51-45(39)61)46(62)32(35)9-10-37(42)47/h9-10,20-23,30-31,39,43H,3-8,11-19,24-26H2,1-2H3,(H,51,60,61)/t30?,31?,39-/m0/s1. The van der Waals surface area contributed by atoms with Gasteiger partial charge in [0.15, 0.2) is 5.82 Å². The molecule has 1 N–H and O–H groups in total. The van der Waals surface area contributed by atoms with Crippen molar-refractivity contribution in [2.45, 2.75) is 121 Å². The van der Waals surface area contributed by atoms with Crippen molar-refractivity contribution in [2.24, 2.45) is 7.05 Å². The van der Waals surface area contributed by atoms with Crippen molar-refractivity contribution in [1.29, 1.82) is 0 Å². The van der Waals surface area contributed by atoms with E-state index >= 15 is 0 Å². The van der Waals surface area contributed by atoms with Gasteiger partial charge in [-0.2, -0.15) is 10.2 Å². The second-order valence-electron chi connectivity index (χ2n) is 18.8. The lowest BCUT2D eigenvalue weighted by Gasteiger charge is -2.44. The van der Waals surface area contributed by atoms with E-state index in [1.54, 1.807) is 42.0 Å². The van der Waals surface area contributed by atoms with Crippen molar-refractivity contribution in [2.75, 3.05) is 37.7 Å². The fourth-order valence-corrected chi connectivity index (χ4v) is 12.0. The second kappa shape index (κ2) is 15.3. The third-order valence-electron chi connectivity index (χ3n) is 15.4. The lowest BCUT2D eigenvalue weighted by Crippen LogP contribution is -2.52. The number of carbonyl (C=O) groups excluding carboxylic acids is 4. The molecule has 11 rings (SSSR count). The summed E-state index contributed by atoms with van der Waals surface area (Å²) in [6.07, 6.45) is 9.60. The van der Waals surface area contributed by atoms with Gasteiger partial charge in [0, 0.05) is 102 Å². The molecule has 7 aliphatic rings. The lowest BCUT2D eigenvalue weighted by molar-refractivity contribution is -0.137. The summed E-state index contributed by atoms with van der Waals surface area (Å²) in [6.45, 7) is 6.15. The molecule has 1 aliphatic carbocycles. The van der Waals surface area contributed by atoms with Crippen LogP contribution in [0.3, 0.4) is 0 Å². The molecule has 0 unspecified atom stereocenters. The zero-order chi connectivity index (χ0) is 43.3. The molecule has 2 aromatic carbocycles. The fourth-order valence-electron chi connectivity index (χ4n) is 12.0. The topological polar surface area (TPSA) is 138 Å². The van der Waals surface area contributed by atoms with E-state index in [1.165, 1.54) is 5.56 Å². The van der Waals surface area contributed by atoms with Crippen LogP contribution >= 0.6 is 0 Å². The largest absolute Gasteiger partial charge is 0.492 e. The van der Waals surface area contributed by atoms with Gasteiger partial charge < -0.3 is 24.3 Å². The number of nitrogens with zero attached hydrogens (tertiary/aromatic N) is 8. The zero-order valence-electron chi connectivity index (χ0n) is 35.9. The van der Waals surface area contributed by atoms with Gasteiger partial charge in [0.1, 0.15) is 11.8 Å². The number of benzene rings is 2. The maximum absolute atomic E-state index is 14.8. The van der Waals surface area contributed by atoms with E-state index in [-0.39, 0.29) is 41.2 Å². The smallest absolute Gasteiger partial charge is 0.264 e. The molecule has 0 radical (unpaired) electrons. The van der Waals surface area contributed by atoms with Crippen LogP contribution in [0.5, 0.6) is 5.75 Å². The number of carbonyl (C=O) groups is 4. The first-order valence-electron chi connectivity index (χ1n) is 22.7. The van der Waals surface area contributed by atoms with Gasteiger partial charge in [0.05, 0.1) is 31.9 Å². The lowest BCUT2D eigenvalue weighted by atomic mass is 9.73. The first-order chi connectivity index (χ1) is 30.5. The molecule has 4 amide bonds. The Balaban J connectivity index is 0.797. The Morgan fingerprint density at radius 1 is 0.921 bits per heavy atom. The first kappa shape index (κ1) is 40.2. The molecule has 330 valence electrons. The van der Waals surface area contributed by atoms with Crippen LogP contribution in [0.1, 0.15) is 121 Å². The third kappa shape index (κ3) is 6.64. The van der Waals surface area contributed by atoms with Crippen molar-refractivity contribution < 1.29 is 32.7 Å². The van der Waals surface area contributed by atoms with Crippen molar-refractivity contribution in [3.8, 4) is 16.9 Å². The van der Waals surface area contributed by atoms with Gasteiger partial charge in [-0.15, -0.1) is 0 Å². The molecule has 1 spiro atoms. The van der Waals surface area contributed by atoms with Gasteiger partial charge in [-0.05, 0) is 100 Å². The van der Waals surface area contributed by atoms with Gasteiger partial charge in [-0.1, -0.05) is 6.07 Å². The number of amides is 4. The Bertz CT molecular complexity index is 2550. The van der Waals surface area contributed by atoms with E-state index in [2.05, 4.69) is 31.0 Å². The van der Waals surface area contributed by atoms with Crippen molar-refractivity contribution in [3.05, 3.63) is 75.7 Å². The summed E-state index contributed by atoms with van der Waals surface area (Å²) in [6, 6.07) is 7.56. The van der Waals surface area contributed by atoms with Crippen molar-refractivity contribution >= 4 is 35.1 Å². The van der Waals surface area contributed by atoms with Crippen molar-refractivity contribution in [1.82, 2.24) is 39.6 Å². The summed E-state index contributed by atoms with van der Waals surface area (Å²) in [5.74, 6) is 0.712. The molecule has 0 bridgehead atoms. The molecule has 8 heterocycles. The summed E-state index contributed by atoms with van der Waals surface area (Å²) in [5, 5.41) is 12.0. The number of halogens is 2.